The second kappa shape index (κ2) is 5.80. The minimum absolute atomic E-state index is 0.346. The number of nitrogens with one attached hydrogen (secondary N) is 2. The Bertz CT molecular complexity index is 387. The van der Waals surface area contributed by atoms with Crippen molar-refractivity contribution in [1.82, 2.24) is 10.6 Å². The first-order valence-electron chi connectivity index (χ1n) is 5.71. The average Bonchev–Trinajstić information content (AvgIpc) is 2.69. The van der Waals surface area contributed by atoms with Gasteiger partial charge in [0.1, 0.15) is 11.6 Å². The highest BCUT2D eigenvalue weighted by molar-refractivity contribution is 7.81. The molecule has 94 valence electrons. The van der Waals surface area contributed by atoms with Gasteiger partial charge in [-0.15, -0.1) is 0 Å². The van der Waals surface area contributed by atoms with Crippen LogP contribution in [0.15, 0.2) is 18.2 Å². The van der Waals surface area contributed by atoms with Gasteiger partial charge in [0.2, 0.25) is 0 Å². The Kier molecular flexibility index (Phi) is 4.36. The quantitative estimate of drug-likeness (QED) is 0.716. The Hall–Kier alpha value is -0.650. The van der Waals surface area contributed by atoms with E-state index in [9.17, 15) is 8.78 Å². The maximum absolute atomic E-state index is 13.3. The third kappa shape index (κ3) is 3.66. The molecule has 1 aliphatic heterocycles. The summed E-state index contributed by atoms with van der Waals surface area (Å²) in [7, 11) is 0. The van der Waals surface area contributed by atoms with Crippen molar-refractivity contribution < 1.29 is 8.78 Å². The van der Waals surface area contributed by atoms with E-state index in [2.05, 4.69) is 23.3 Å². The van der Waals surface area contributed by atoms with Crippen molar-refractivity contribution in [2.24, 2.45) is 0 Å². The Morgan fingerprint density at radius 3 is 2.94 bits per heavy atom. The fraction of sp³-hybridized carbons (Fsp3) is 0.500. The number of thiol groups is 1. The molecule has 1 aromatic rings. The molecule has 2 nitrogen and oxygen atoms in total. The van der Waals surface area contributed by atoms with Crippen LogP contribution in [0.5, 0.6) is 0 Å². The lowest BCUT2D eigenvalue weighted by molar-refractivity contribution is 0.520. The van der Waals surface area contributed by atoms with Crippen LogP contribution in [0, 0.1) is 11.6 Å². The van der Waals surface area contributed by atoms with Crippen LogP contribution >= 0.6 is 12.6 Å². The summed E-state index contributed by atoms with van der Waals surface area (Å²) in [6.07, 6.45) is 1.00. The second-order valence-corrected chi connectivity index (χ2v) is 5.09. The summed E-state index contributed by atoms with van der Waals surface area (Å²) < 4.78 is 26.2. The Balaban J connectivity index is 1.80. The molecule has 1 aliphatic rings. The van der Waals surface area contributed by atoms with Crippen molar-refractivity contribution in [2.45, 2.75) is 24.3 Å². The van der Waals surface area contributed by atoms with Gasteiger partial charge in [0.25, 0.3) is 0 Å². The molecular weight excluding hydrogens is 242 g/mol. The molecule has 0 radical (unpaired) electrons. The molecule has 1 saturated heterocycles. The van der Waals surface area contributed by atoms with Crippen LogP contribution in [0.25, 0.3) is 0 Å². The molecule has 1 aromatic carbocycles. The maximum atomic E-state index is 13.3. The highest BCUT2D eigenvalue weighted by Crippen LogP contribution is 2.12. The van der Waals surface area contributed by atoms with Crippen LogP contribution in [0.3, 0.4) is 0 Å². The molecule has 2 N–H and O–H groups in total. The zero-order chi connectivity index (χ0) is 12.3. The van der Waals surface area contributed by atoms with Gasteiger partial charge in [-0.2, -0.15) is 12.6 Å². The molecule has 0 aliphatic carbocycles. The topological polar surface area (TPSA) is 24.1 Å². The zero-order valence-corrected chi connectivity index (χ0v) is 10.3. The van der Waals surface area contributed by atoms with Crippen LogP contribution < -0.4 is 10.6 Å². The highest BCUT2D eigenvalue weighted by Gasteiger charge is 2.20. The van der Waals surface area contributed by atoms with Gasteiger partial charge in [0.05, 0.1) is 0 Å². The summed E-state index contributed by atoms with van der Waals surface area (Å²) in [5.74, 6) is -0.775. The Morgan fingerprint density at radius 2 is 2.24 bits per heavy atom. The average molecular weight is 258 g/mol. The van der Waals surface area contributed by atoms with E-state index in [4.69, 9.17) is 0 Å². The molecule has 2 atom stereocenters. The lowest BCUT2D eigenvalue weighted by Gasteiger charge is -2.11. The smallest absolute Gasteiger partial charge is 0.127 e. The minimum Gasteiger partial charge on any atom is -0.312 e. The SMILES string of the molecule is Fc1ccc(F)c(CNC[C@@H]2C[C@@H](S)CN2)c1. The summed E-state index contributed by atoms with van der Waals surface area (Å²) in [4.78, 5) is 0. The molecule has 0 unspecified atom stereocenters. The Morgan fingerprint density at radius 1 is 1.41 bits per heavy atom. The number of hydrogen-bond acceptors (Lipinski definition) is 3. The van der Waals surface area contributed by atoms with Gasteiger partial charge >= 0.3 is 0 Å². The molecule has 0 amide bonds. The van der Waals surface area contributed by atoms with Gasteiger partial charge in [-0.25, -0.2) is 8.78 Å². The van der Waals surface area contributed by atoms with Crippen molar-refractivity contribution in [2.75, 3.05) is 13.1 Å². The molecule has 2 rings (SSSR count). The van der Waals surface area contributed by atoms with E-state index in [-0.39, 0.29) is 5.82 Å². The van der Waals surface area contributed by atoms with Crippen LogP contribution in [-0.4, -0.2) is 24.4 Å². The molecule has 1 fully saturated rings. The standard InChI is InChI=1S/C12H16F2N2S/c13-9-1-2-12(14)8(3-9)5-15-6-10-4-11(17)7-16-10/h1-3,10-11,15-17H,4-7H2/t10-,11+/m0/s1. The molecule has 17 heavy (non-hydrogen) atoms. The third-order valence-electron chi connectivity index (χ3n) is 2.91. The fourth-order valence-electron chi connectivity index (χ4n) is 2.01. The lowest BCUT2D eigenvalue weighted by Crippen LogP contribution is -2.33. The van der Waals surface area contributed by atoms with E-state index in [1.165, 1.54) is 6.07 Å². The van der Waals surface area contributed by atoms with E-state index in [0.29, 0.717) is 23.4 Å². The maximum Gasteiger partial charge on any atom is 0.127 e. The summed E-state index contributed by atoms with van der Waals surface area (Å²) in [5.41, 5.74) is 0.366. The van der Waals surface area contributed by atoms with Crippen LogP contribution in [-0.2, 0) is 6.54 Å². The van der Waals surface area contributed by atoms with Gasteiger partial charge in [-0.3, -0.25) is 0 Å². The van der Waals surface area contributed by atoms with Crippen LogP contribution in [0.2, 0.25) is 0 Å². The highest BCUT2D eigenvalue weighted by atomic mass is 32.1. The largest absolute Gasteiger partial charge is 0.312 e. The molecule has 0 spiro atoms. The van der Waals surface area contributed by atoms with Crippen molar-refractivity contribution in [3.8, 4) is 0 Å². The minimum atomic E-state index is -0.405. The first kappa shape index (κ1) is 12.8. The zero-order valence-electron chi connectivity index (χ0n) is 9.42. The number of benzene rings is 1. The van der Waals surface area contributed by atoms with Crippen molar-refractivity contribution in [3.05, 3.63) is 35.4 Å². The van der Waals surface area contributed by atoms with Crippen molar-refractivity contribution in [3.63, 3.8) is 0 Å². The summed E-state index contributed by atoms with van der Waals surface area (Å²) >= 11 is 4.37. The number of halogens is 2. The van der Waals surface area contributed by atoms with Gasteiger partial charge in [-0.1, -0.05) is 0 Å². The van der Waals surface area contributed by atoms with Gasteiger partial charge in [-0.05, 0) is 24.6 Å². The van der Waals surface area contributed by atoms with Gasteiger partial charge in [0.15, 0.2) is 0 Å². The van der Waals surface area contributed by atoms with Crippen molar-refractivity contribution in [1.29, 1.82) is 0 Å². The normalized spacial score (nSPS) is 24.2. The first-order valence-corrected chi connectivity index (χ1v) is 6.23. The monoisotopic (exact) mass is 258 g/mol. The van der Waals surface area contributed by atoms with Gasteiger partial charge in [0, 0.05) is 36.5 Å². The predicted molar refractivity (Wildman–Crippen MR) is 67.2 cm³/mol. The van der Waals surface area contributed by atoms with Crippen LogP contribution in [0.4, 0.5) is 8.78 Å². The van der Waals surface area contributed by atoms with E-state index < -0.39 is 5.82 Å². The molecule has 5 heteroatoms. The lowest BCUT2D eigenvalue weighted by atomic mass is 10.2. The van der Waals surface area contributed by atoms with Crippen LogP contribution in [0.1, 0.15) is 12.0 Å². The number of hydrogen-bond donors (Lipinski definition) is 3. The molecule has 0 aromatic heterocycles. The Labute approximate surface area is 105 Å². The van der Waals surface area contributed by atoms with E-state index >= 15 is 0 Å². The molecule has 0 bridgehead atoms. The molecular formula is C12H16F2N2S. The summed E-state index contributed by atoms with van der Waals surface area (Å²) in [6.45, 7) is 2.00. The van der Waals surface area contributed by atoms with E-state index in [1.54, 1.807) is 0 Å². The predicted octanol–water partition coefficient (Wildman–Crippen LogP) is 1.71. The number of rotatable bonds is 4. The van der Waals surface area contributed by atoms with Gasteiger partial charge < -0.3 is 10.6 Å². The third-order valence-corrected chi connectivity index (χ3v) is 3.31. The fourth-order valence-corrected chi connectivity index (χ4v) is 2.37. The molecule has 1 heterocycles. The van der Waals surface area contributed by atoms with Crippen molar-refractivity contribution >= 4 is 12.6 Å². The van der Waals surface area contributed by atoms with E-state index in [1.807, 2.05) is 0 Å². The van der Waals surface area contributed by atoms with E-state index in [0.717, 1.165) is 31.6 Å². The second-order valence-electron chi connectivity index (χ2n) is 4.36. The summed E-state index contributed by atoms with van der Waals surface area (Å²) in [5, 5.41) is 6.84. The summed E-state index contributed by atoms with van der Waals surface area (Å²) in [6, 6.07) is 3.88. The molecule has 0 saturated carbocycles. The first-order chi connectivity index (χ1) is 8.15.